The smallest absolute Gasteiger partial charge is 0.408 e. The molecule has 0 fully saturated rings. The number of rotatable bonds is 5. The number of nitrogens with one attached hydrogen (secondary N) is 1. The van der Waals surface area contributed by atoms with Gasteiger partial charge in [-0.05, 0) is 18.6 Å². The highest BCUT2D eigenvalue weighted by Gasteiger charge is 2.07. The van der Waals surface area contributed by atoms with Gasteiger partial charge in [-0.25, -0.2) is 9.18 Å². The molecule has 1 rings (SSSR count). The van der Waals surface area contributed by atoms with Crippen LogP contribution in [-0.4, -0.2) is 12.6 Å². The minimum atomic E-state index is -0.954. The molecule has 0 saturated carbocycles. The standard InChI is InChI=1S/C11H15FN2O2/c1-2-3-6-14-9-5-4-8(12)7-10(9)16-11(13)15/h4-5,7,14H,2-3,6H2,1H3,(H2,13,15). The van der Waals surface area contributed by atoms with Crippen LogP contribution in [0, 0.1) is 5.82 Å². The van der Waals surface area contributed by atoms with Gasteiger partial charge in [0.1, 0.15) is 5.82 Å². The summed E-state index contributed by atoms with van der Waals surface area (Å²) in [4.78, 5) is 10.6. The van der Waals surface area contributed by atoms with E-state index < -0.39 is 11.9 Å². The van der Waals surface area contributed by atoms with Crippen LogP contribution in [0.25, 0.3) is 0 Å². The topological polar surface area (TPSA) is 64.3 Å². The Morgan fingerprint density at radius 1 is 1.56 bits per heavy atom. The number of halogens is 1. The van der Waals surface area contributed by atoms with Crippen LogP contribution in [0.15, 0.2) is 18.2 Å². The van der Waals surface area contributed by atoms with Crippen molar-refractivity contribution in [1.29, 1.82) is 0 Å². The van der Waals surface area contributed by atoms with Gasteiger partial charge in [0.25, 0.3) is 0 Å². The Hall–Kier alpha value is -1.78. The molecule has 0 atom stereocenters. The quantitative estimate of drug-likeness (QED) is 0.758. The lowest BCUT2D eigenvalue weighted by molar-refractivity contribution is 0.211. The second kappa shape index (κ2) is 5.95. The summed E-state index contributed by atoms with van der Waals surface area (Å²) in [5, 5.41) is 3.05. The molecular formula is C11H15FN2O2. The third kappa shape index (κ3) is 3.76. The molecule has 16 heavy (non-hydrogen) atoms. The van der Waals surface area contributed by atoms with E-state index in [9.17, 15) is 9.18 Å². The monoisotopic (exact) mass is 226 g/mol. The first-order chi connectivity index (χ1) is 7.63. The van der Waals surface area contributed by atoms with Crippen molar-refractivity contribution in [3.05, 3.63) is 24.0 Å². The van der Waals surface area contributed by atoms with Crippen LogP contribution in [0.5, 0.6) is 5.75 Å². The summed E-state index contributed by atoms with van der Waals surface area (Å²) < 4.78 is 17.6. The lowest BCUT2D eigenvalue weighted by Crippen LogP contribution is -2.17. The number of primary amides is 1. The van der Waals surface area contributed by atoms with Gasteiger partial charge in [-0.15, -0.1) is 0 Å². The van der Waals surface area contributed by atoms with Crippen LogP contribution >= 0.6 is 0 Å². The van der Waals surface area contributed by atoms with Crippen molar-refractivity contribution < 1.29 is 13.9 Å². The van der Waals surface area contributed by atoms with Crippen molar-refractivity contribution >= 4 is 11.8 Å². The summed E-state index contributed by atoms with van der Waals surface area (Å²) in [5.41, 5.74) is 5.45. The zero-order valence-corrected chi connectivity index (χ0v) is 9.13. The number of nitrogens with two attached hydrogens (primary N) is 1. The molecule has 0 aliphatic heterocycles. The van der Waals surface area contributed by atoms with E-state index in [-0.39, 0.29) is 5.75 Å². The van der Waals surface area contributed by atoms with Crippen molar-refractivity contribution in [3.8, 4) is 5.75 Å². The summed E-state index contributed by atoms with van der Waals surface area (Å²) in [5.74, 6) is -0.360. The van der Waals surface area contributed by atoms with E-state index >= 15 is 0 Å². The van der Waals surface area contributed by atoms with Gasteiger partial charge in [0.2, 0.25) is 0 Å². The second-order valence-electron chi connectivity index (χ2n) is 3.34. The fraction of sp³-hybridized carbons (Fsp3) is 0.364. The van der Waals surface area contributed by atoms with Gasteiger partial charge in [-0.1, -0.05) is 13.3 Å². The van der Waals surface area contributed by atoms with Gasteiger partial charge in [-0.3, -0.25) is 0 Å². The largest absolute Gasteiger partial charge is 0.410 e. The first-order valence-corrected chi connectivity index (χ1v) is 5.14. The van der Waals surface area contributed by atoms with Crippen LogP contribution < -0.4 is 15.8 Å². The van der Waals surface area contributed by atoms with Crippen molar-refractivity contribution in [1.82, 2.24) is 0 Å². The lowest BCUT2D eigenvalue weighted by atomic mass is 10.2. The number of hydrogen-bond acceptors (Lipinski definition) is 3. The van der Waals surface area contributed by atoms with Crippen LogP contribution in [0.4, 0.5) is 14.9 Å². The molecule has 0 saturated heterocycles. The van der Waals surface area contributed by atoms with E-state index in [1.165, 1.54) is 12.1 Å². The van der Waals surface area contributed by atoms with Gasteiger partial charge < -0.3 is 15.8 Å². The number of ether oxygens (including phenoxy) is 1. The van der Waals surface area contributed by atoms with Crippen LogP contribution in [-0.2, 0) is 0 Å². The van der Waals surface area contributed by atoms with Crippen molar-refractivity contribution in [3.63, 3.8) is 0 Å². The molecule has 0 unspecified atom stereocenters. The Balaban J connectivity index is 2.76. The van der Waals surface area contributed by atoms with Gasteiger partial charge in [-0.2, -0.15) is 0 Å². The molecule has 5 heteroatoms. The maximum absolute atomic E-state index is 12.9. The van der Waals surface area contributed by atoms with Crippen molar-refractivity contribution in [2.45, 2.75) is 19.8 Å². The summed E-state index contributed by atoms with van der Waals surface area (Å²) in [6, 6.07) is 3.93. The molecule has 0 heterocycles. The van der Waals surface area contributed by atoms with Gasteiger partial charge in [0, 0.05) is 12.6 Å². The van der Waals surface area contributed by atoms with E-state index in [0.717, 1.165) is 25.5 Å². The number of amides is 1. The molecule has 0 aliphatic rings. The third-order valence-electron chi connectivity index (χ3n) is 2.00. The molecule has 1 aromatic carbocycles. The number of anilines is 1. The Morgan fingerprint density at radius 3 is 2.94 bits per heavy atom. The van der Waals surface area contributed by atoms with Crippen LogP contribution in [0.2, 0.25) is 0 Å². The Morgan fingerprint density at radius 2 is 2.31 bits per heavy atom. The summed E-state index contributed by atoms with van der Waals surface area (Å²) >= 11 is 0. The molecule has 0 radical (unpaired) electrons. The predicted molar refractivity (Wildman–Crippen MR) is 60.0 cm³/mol. The number of carbonyl (C=O) groups excluding carboxylic acids is 1. The first-order valence-electron chi connectivity index (χ1n) is 5.14. The SMILES string of the molecule is CCCCNc1ccc(F)cc1OC(N)=O. The zero-order chi connectivity index (χ0) is 12.0. The number of unbranched alkanes of at least 4 members (excludes halogenated alkanes) is 1. The second-order valence-corrected chi connectivity index (χ2v) is 3.34. The molecule has 3 N–H and O–H groups in total. The average Bonchev–Trinajstić information content (AvgIpc) is 2.20. The molecular weight excluding hydrogens is 211 g/mol. The molecule has 1 aromatic rings. The minimum absolute atomic E-state index is 0.114. The normalized spacial score (nSPS) is 9.88. The summed E-state index contributed by atoms with van der Waals surface area (Å²) in [7, 11) is 0. The number of benzene rings is 1. The number of carbonyl (C=O) groups is 1. The van der Waals surface area contributed by atoms with E-state index in [2.05, 4.69) is 12.2 Å². The molecule has 0 bridgehead atoms. The Bertz CT molecular complexity index is 369. The highest BCUT2D eigenvalue weighted by molar-refractivity contribution is 5.71. The highest BCUT2D eigenvalue weighted by atomic mass is 19.1. The molecule has 0 aromatic heterocycles. The zero-order valence-electron chi connectivity index (χ0n) is 9.13. The number of hydrogen-bond donors (Lipinski definition) is 2. The third-order valence-corrected chi connectivity index (χ3v) is 2.00. The highest BCUT2D eigenvalue weighted by Crippen LogP contribution is 2.25. The van der Waals surface area contributed by atoms with Gasteiger partial charge >= 0.3 is 6.09 Å². The van der Waals surface area contributed by atoms with E-state index in [1.54, 1.807) is 0 Å². The van der Waals surface area contributed by atoms with Gasteiger partial charge in [0.05, 0.1) is 5.69 Å². The maximum Gasteiger partial charge on any atom is 0.410 e. The average molecular weight is 226 g/mol. The molecule has 0 aliphatic carbocycles. The Labute approximate surface area is 93.6 Å². The van der Waals surface area contributed by atoms with Crippen molar-refractivity contribution in [2.24, 2.45) is 5.73 Å². The fourth-order valence-corrected chi connectivity index (χ4v) is 1.23. The molecule has 4 nitrogen and oxygen atoms in total. The van der Waals surface area contributed by atoms with E-state index in [4.69, 9.17) is 10.5 Å². The maximum atomic E-state index is 12.9. The van der Waals surface area contributed by atoms with Crippen LogP contribution in [0.1, 0.15) is 19.8 Å². The molecule has 1 amide bonds. The van der Waals surface area contributed by atoms with Gasteiger partial charge in [0.15, 0.2) is 5.75 Å². The first kappa shape index (κ1) is 12.3. The summed E-state index contributed by atoms with van der Waals surface area (Å²) in [6.45, 7) is 2.80. The molecule has 0 spiro atoms. The van der Waals surface area contributed by atoms with E-state index in [0.29, 0.717) is 5.69 Å². The van der Waals surface area contributed by atoms with Crippen molar-refractivity contribution in [2.75, 3.05) is 11.9 Å². The fourth-order valence-electron chi connectivity index (χ4n) is 1.23. The minimum Gasteiger partial charge on any atom is -0.408 e. The van der Waals surface area contributed by atoms with Crippen LogP contribution in [0.3, 0.4) is 0 Å². The predicted octanol–water partition coefficient (Wildman–Crippen LogP) is 2.50. The Kier molecular flexibility index (Phi) is 4.57. The van der Waals surface area contributed by atoms with E-state index in [1.807, 2.05) is 0 Å². The molecule has 88 valence electrons. The summed E-state index contributed by atoms with van der Waals surface area (Å²) in [6.07, 6.45) is 1.07. The lowest BCUT2D eigenvalue weighted by Gasteiger charge is -2.10.